The van der Waals surface area contributed by atoms with Gasteiger partial charge in [0.1, 0.15) is 5.78 Å². The van der Waals surface area contributed by atoms with E-state index in [0.717, 1.165) is 18.8 Å². The number of hydrogen-bond donors (Lipinski definition) is 1. The van der Waals surface area contributed by atoms with Crippen LogP contribution in [0.2, 0.25) is 0 Å². The fraction of sp³-hybridized carbons (Fsp3) is 0.917. The molecule has 0 bridgehead atoms. The number of hydrogen-bond acceptors (Lipinski definition) is 2. The summed E-state index contributed by atoms with van der Waals surface area (Å²) in [5, 5.41) is 3.15. The molecule has 0 saturated carbocycles. The number of nitrogens with one attached hydrogen (secondary N) is 1. The summed E-state index contributed by atoms with van der Waals surface area (Å²) in [5.41, 5.74) is 0. The molecular formula is C12H25NO. The van der Waals surface area contributed by atoms with Crippen LogP contribution in [-0.2, 0) is 4.79 Å². The summed E-state index contributed by atoms with van der Waals surface area (Å²) in [5.74, 6) is 1.11. The van der Waals surface area contributed by atoms with Gasteiger partial charge in [0.25, 0.3) is 0 Å². The van der Waals surface area contributed by atoms with Gasteiger partial charge in [-0.25, -0.2) is 0 Å². The molecule has 1 N–H and O–H groups in total. The minimum Gasteiger partial charge on any atom is -0.308 e. The summed E-state index contributed by atoms with van der Waals surface area (Å²) in [6, 6.07) is 0.412. The second-order valence-corrected chi connectivity index (χ2v) is 4.71. The van der Waals surface area contributed by atoms with E-state index in [1.807, 2.05) is 0 Å². The summed E-state index contributed by atoms with van der Waals surface area (Å²) >= 11 is 0. The van der Waals surface area contributed by atoms with Crippen LogP contribution in [0.5, 0.6) is 0 Å². The monoisotopic (exact) mass is 199 g/mol. The zero-order valence-corrected chi connectivity index (χ0v) is 10.1. The molecule has 0 saturated heterocycles. The third kappa shape index (κ3) is 9.72. The van der Waals surface area contributed by atoms with E-state index in [4.69, 9.17) is 0 Å². The van der Waals surface area contributed by atoms with Gasteiger partial charge in [0.05, 0.1) is 6.54 Å². The van der Waals surface area contributed by atoms with Crippen molar-refractivity contribution in [2.45, 2.75) is 59.4 Å². The highest BCUT2D eigenvalue weighted by Crippen LogP contribution is 2.07. The normalized spacial score (nSPS) is 11.3. The smallest absolute Gasteiger partial charge is 0.146 e. The average molecular weight is 199 g/mol. The highest BCUT2D eigenvalue weighted by atomic mass is 16.1. The van der Waals surface area contributed by atoms with Crippen LogP contribution in [0.4, 0.5) is 0 Å². The van der Waals surface area contributed by atoms with Crippen LogP contribution in [0.3, 0.4) is 0 Å². The molecule has 2 heteroatoms. The predicted octanol–water partition coefficient (Wildman–Crippen LogP) is 2.77. The van der Waals surface area contributed by atoms with E-state index >= 15 is 0 Å². The molecule has 0 aliphatic heterocycles. The SMILES string of the molecule is CC(C)CCCCC(=O)CNC(C)C. The lowest BCUT2D eigenvalue weighted by atomic mass is 10.0. The van der Waals surface area contributed by atoms with Crippen LogP contribution in [0.15, 0.2) is 0 Å². The zero-order valence-electron chi connectivity index (χ0n) is 10.1. The Morgan fingerprint density at radius 1 is 1.14 bits per heavy atom. The van der Waals surface area contributed by atoms with Crippen molar-refractivity contribution in [3.8, 4) is 0 Å². The molecule has 0 atom stereocenters. The molecule has 84 valence electrons. The Hall–Kier alpha value is -0.370. The first-order chi connectivity index (χ1) is 6.52. The molecule has 0 aliphatic carbocycles. The fourth-order valence-electron chi connectivity index (χ4n) is 1.28. The lowest BCUT2D eigenvalue weighted by Gasteiger charge is -2.07. The molecule has 0 aromatic heterocycles. The highest BCUT2D eigenvalue weighted by molar-refractivity contribution is 5.80. The van der Waals surface area contributed by atoms with Crippen molar-refractivity contribution in [1.29, 1.82) is 0 Å². The van der Waals surface area contributed by atoms with Crippen molar-refractivity contribution >= 4 is 5.78 Å². The molecule has 0 aromatic carbocycles. The molecule has 0 spiro atoms. The molecule has 2 nitrogen and oxygen atoms in total. The van der Waals surface area contributed by atoms with Gasteiger partial charge in [-0.3, -0.25) is 4.79 Å². The molecule has 0 unspecified atom stereocenters. The Kier molecular flexibility index (Phi) is 7.77. The number of unbranched alkanes of at least 4 members (excludes halogenated alkanes) is 1. The minimum atomic E-state index is 0.349. The summed E-state index contributed by atoms with van der Waals surface area (Å²) < 4.78 is 0. The van der Waals surface area contributed by atoms with Crippen LogP contribution < -0.4 is 5.32 Å². The van der Waals surface area contributed by atoms with Crippen LogP contribution >= 0.6 is 0 Å². The van der Waals surface area contributed by atoms with Crippen LogP contribution in [0, 0.1) is 5.92 Å². The van der Waals surface area contributed by atoms with Crippen LogP contribution in [-0.4, -0.2) is 18.4 Å². The predicted molar refractivity (Wildman–Crippen MR) is 61.5 cm³/mol. The number of Topliss-reactive ketones (excluding diaryl/α,β-unsaturated/α-hetero) is 1. The first-order valence-corrected chi connectivity index (χ1v) is 5.77. The van der Waals surface area contributed by atoms with Crippen LogP contribution in [0.1, 0.15) is 53.4 Å². The first kappa shape index (κ1) is 13.6. The topological polar surface area (TPSA) is 29.1 Å². The van der Waals surface area contributed by atoms with E-state index in [9.17, 15) is 4.79 Å². The van der Waals surface area contributed by atoms with E-state index in [2.05, 4.69) is 33.0 Å². The summed E-state index contributed by atoms with van der Waals surface area (Å²) in [6.45, 7) is 9.11. The largest absolute Gasteiger partial charge is 0.308 e. The molecule has 0 rings (SSSR count). The molecule has 14 heavy (non-hydrogen) atoms. The van der Waals surface area contributed by atoms with Gasteiger partial charge in [-0.1, -0.05) is 40.5 Å². The second-order valence-electron chi connectivity index (χ2n) is 4.71. The maximum atomic E-state index is 11.3. The third-order valence-corrected chi connectivity index (χ3v) is 2.19. The van der Waals surface area contributed by atoms with Gasteiger partial charge in [0.2, 0.25) is 0 Å². The van der Waals surface area contributed by atoms with E-state index in [1.165, 1.54) is 12.8 Å². The quantitative estimate of drug-likeness (QED) is 0.609. The maximum Gasteiger partial charge on any atom is 0.146 e. The van der Waals surface area contributed by atoms with Gasteiger partial charge in [-0.2, -0.15) is 0 Å². The molecular weight excluding hydrogens is 174 g/mol. The van der Waals surface area contributed by atoms with Gasteiger partial charge in [0, 0.05) is 12.5 Å². The van der Waals surface area contributed by atoms with Gasteiger partial charge < -0.3 is 5.32 Å². The van der Waals surface area contributed by atoms with Crippen molar-refractivity contribution in [2.75, 3.05) is 6.54 Å². The van der Waals surface area contributed by atoms with Gasteiger partial charge >= 0.3 is 0 Å². The van der Waals surface area contributed by atoms with E-state index in [0.29, 0.717) is 18.4 Å². The Bertz CT molecular complexity index is 152. The fourth-order valence-corrected chi connectivity index (χ4v) is 1.28. The Balaban J connectivity index is 3.27. The summed E-state index contributed by atoms with van der Waals surface area (Å²) in [4.78, 5) is 11.3. The number of ketones is 1. The third-order valence-electron chi connectivity index (χ3n) is 2.19. The Morgan fingerprint density at radius 2 is 1.79 bits per heavy atom. The van der Waals surface area contributed by atoms with Gasteiger partial charge in [-0.05, 0) is 12.3 Å². The van der Waals surface area contributed by atoms with Crippen molar-refractivity contribution in [2.24, 2.45) is 5.92 Å². The van der Waals surface area contributed by atoms with Crippen molar-refractivity contribution in [1.82, 2.24) is 5.32 Å². The second kappa shape index (κ2) is 7.98. The average Bonchev–Trinajstić information content (AvgIpc) is 2.08. The zero-order chi connectivity index (χ0) is 11.0. The van der Waals surface area contributed by atoms with Crippen molar-refractivity contribution in [3.05, 3.63) is 0 Å². The van der Waals surface area contributed by atoms with E-state index in [1.54, 1.807) is 0 Å². The van der Waals surface area contributed by atoms with Crippen molar-refractivity contribution in [3.63, 3.8) is 0 Å². The number of carbonyl (C=O) groups excluding carboxylic acids is 1. The summed E-state index contributed by atoms with van der Waals surface area (Å²) in [7, 11) is 0. The molecule has 0 aliphatic rings. The lowest BCUT2D eigenvalue weighted by Crippen LogP contribution is -2.28. The number of carbonyl (C=O) groups is 1. The molecule has 0 radical (unpaired) electrons. The maximum absolute atomic E-state index is 11.3. The molecule has 0 amide bonds. The Labute approximate surface area is 88.5 Å². The minimum absolute atomic E-state index is 0.349. The molecule has 0 heterocycles. The van der Waals surface area contributed by atoms with Crippen molar-refractivity contribution < 1.29 is 4.79 Å². The van der Waals surface area contributed by atoms with E-state index in [-0.39, 0.29) is 0 Å². The summed E-state index contributed by atoms with van der Waals surface area (Å²) in [6.07, 6.45) is 4.22. The lowest BCUT2D eigenvalue weighted by molar-refractivity contribution is -0.118. The first-order valence-electron chi connectivity index (χ1n) is 5.77. The Morgan fingerprint density at radius 3 is 2.29 bits per heavy atom. The van der Waals surface area contributed by atoms with Gasteiger partial charge in [-0.15, -0.1) is 0 Å². The molecule has 0 fully saturated rings. The highest BCUT2D eigenvalue weighted by Gasteiger charge is 2.02. The van der Waals surface area contributed by atoms with Crippen LogP contribution in [0.25, 0.3) is 0 Å². The van der Waals surface area contributed by atoms with E-state index < -0.39 is 0 Å². The molecule has 0 aromatic rings. The standard InChI is InChI=1S/C12H25NO/c1-10(2)7-5-6-8-12(14)9-13-11(3)4/h10-11,13H,5-9H2,1-4H3. The van der Waals surface area contributed by atoms with Gasteiger partial charge in [0.15, 0.2) is 0 Å². The number of rotatable bonds is 8.